The molecule has 238 valence electrons. The molecule has 9 rings (SSSR count). The molecule has 5 heteroatoms. The van der Waals surface area contributed by atoms with Crippen LogP contribution < -0.4 is 14.4 Å². The van der Waals surface area contributed by atoms with Gasteiger partial charge in [-0.2, -0.15) is 0 Å². The number of benzene rings is 7. The summed E-state index contributed by atoms with van der Waals surface area (Å²) in [6.07, 6.45) is 0. The summed E-state index contributed by atoms with van der Waals surface area (Å²) in [6.45, 7) is 0. The predicted octanol–water partition coefficient (Wildman–Crippen LogP) is 11.2. The lowest BCUT2D eigenvalue weighted by Crippen LogP contribution is -2.29. The predicted molar refractivity (Wildman–Crippen MR) is 198 cm³/mol. The quantitative estimate of drug-likeness (QED) is 0.179. The van der Waals surface area contributed by atoms with Gasteiger partial charge in [-0.05, 0) is 113 Å². The highest BCUT2D eigenvalue weighted by Gasteiger charge is 2.57. The number of hydrogen-bond acceptors (Lipinski definition) is 4. The third kappa shape index (κ3) is 3.94. The second kappa shape index (κ2) is 10.8. The molecule has 2 aliphatic heterocycles. The van der Waals surface area contributed by atoms with E-state index in [-0.39, 0.29) is 0 Å². The second-order valence-corrected chi connectivity index (χ2v) is 16.0. The van der Waals surface area contributed by atoms with Gasteiger partial charge < -0.3 is 14.4 Å². The average molecular weight is 656 g/mol. The number of hydrogen-bond donors (Lipinski definition) is 0. The molecule has 0 bridgehead atoms. The summed E-state index contributed by atoms with van der Waals surface area (Å²) in [5.74, 6) is 1.59. The fourth-order valence-electron chi connectivity index (χ4n) is 7.85. The summed E-state index contributed by atoms with van der Waals surface area (Å²) >= 11 is 0. The smallest absolute Gasteiger partial charge is 0.119 e. The van der Waals surface area contributed by atoms with Gasteiger partial charge in [0.2, 0.25) is 0 Å². The van der Waals surface area contributed by atoms with Crippen molar-refractivity contribution in [2.75, 3.05) is 19.1 Å². The molecule has 0 radical (unpaired) electrons. The number of ether oxygens (including phenoxy) is 2. The van der Waals surface area contributed by atoms with Crippen LogP contribution in [-0.4, -0.2) is 18.4 Å². The highest BCUT2D eigenvalue weighted by Crippen LogP contribution is 2.71. The van der Waals surface area contributed by atoms with Crippen LogP contribution in [0.15, 0.2) is 183 Å². The van der Waals surface area contributed by atoms with Crippen molar-refractivity contribution >= 4 is 26.1 Å². The van der Waals surface area contributed by atoms with Crippen molar-refractivity contribution in [3.05, 3.63) is 164 Å². The zero-order chi connectivity index (χ0) is 33.2. The van der Waals surface area contributed by atoms with Crippen LogP contribution in [0.2, 0.25) is 0 Å². The molecule has 0 atom stereocenters. The fraction of sp³-hybridized carbons (Fsp3) is 0.0455. The number of para-hydroxylation sites is 1. The zero-order valence-corrected chi connectivity index (χ0v) is 28.0. The number of methoxy groups -OCH3 is 2. The van der Waals surface area contributed by atoms with E-state index in [1.165, 1.54) is 0 Å². The van der Waals surface area contributed by atoms with Gasteiger partial charge in [-0.15, -0.1) is 0 Å². The van der Waals surface area contributed by atoms with Gasteiger partial charge in [0.05, 0.1) is 19.9 Å². The van der Waals surface area contributed by atoms with E-state index in [9.17, 15) is 0 Å². The number of rotatable bonds is 6. The zero-order valence-electron chi connectivity index (χ0n) is 27.2. The van der Waals surface area contributed by atoms with E-state index in [1.54, 1.807) is 14.2 Å². The Labute approximate surface area is 286 Å². The monoisotopic (exact) mass is 655 g/mol. The maximum Gasteiger partial charge on any atom is 0.119 e. The minimum absolute atomic E-state index is 0.794. The van der Waals surface area contributed by atoms with Crippen molar-refractivity contribution in [2.45, 2.75) is 19.6 Å². The first kappa shape index (κ1) is 29.2. The Morgan fingerprint density at radius 1 is 0.429 bits per heavy atom. The molecule has 0 aromatic heterocycles. The van der Waals surface area contributed by atoms with Crippen molar-refractivity contribution in [3.63, 3.8) is 0 Å². The highest BCUT2D eigenvalue weighted by molar-refractivity contribution is 8.21. The van der Waals surface area contributed by atoms with Gasteiger partial charge in [0.25, 0.3) is 0 Å². The van der Waals surface area contributed by atoms with Crippen LogP contribution in [0.4, 0.5) is 17.1 Å². The van der Waals surface area contributed by atoms with Crippen molar-refractivity contribution in [3.8, 4) is 44.9 Å². The van der Waals surface area contributed by atoms with E-state index in [0.717, 1.165) is 81.5 Å². The van der Waals surface area contributed by atoms with Crippen LogP contribution in [0.3, 0.4) is 0 Å². The van der Waals surface area contributed by atoms with Gasteiger partial charge in [-0.25, -0.2) is 0 Å². The SMILES string of the molecule is COc1ccc(N(c2ccc(OC)cc2)c2ccccc2-c2ccc3c(c2)-c2ccccc2S32(=O)c3ccccc3-c3ccccc32)cc1. The summed E-state index contributed by atoms with van der Waals surface area (Å²) in [5.41, 5.74) is 9.21. The molecular weight excluding hydrogens is 623 g/mol. The van der Waals surface area contributed by atoms with E-state index in [2.05, 4.69) is 114 Å². The fourth-order valence-corrected chi connectivity index (χ4v) is 13.0. The number of fused-ring (bicyclic) bond motifs is 10. The Bertz CT molecular complexity index is 2390. The molecule has 2 aliphatic rings. The molecule has 0 saturated carbocycles. The van der Waals surface area contributed by atoms with Crippen LogP contribution >= 0.6 is 0 Å². The normalized spacial score (nSPS) is 14.9. The number of nitrogens with zero attached hydrogens (tertiary/aromatic N) is 1. The molecule has 0 amide bonds. The van der Waals surface area contributed by atoms with Gasteiger partial charge in [0, 0.05) is 45.6 Å². The molecular formula is C44H33NO3S. The van der Waals surface area contributed by atoms with Gasteiger partial charge in [0.15, 0.2) is 0 Å². The highest BCUT2D eigenvalue weighted by atomic mass is 32.3. The molecule has 0 saturated heterocycles. The van der Waals surface area contributed by atoms with E-state index in [0.29, 0.717) is 0 Å². The van der Waals surface area contributed by atoms with Crippen LogP contribution in [0, 0.1) is 0 Å². The topological polar surface area (TPSA) is 38.8 Å². The average Bonchev–Trinajstić information content (AvgIpc) is 3.56. The standard InChI is InChI=1S/C44H33NO3S/c1-47-33-24-20-31(21-25-33)45(32-22-26-34(48-2)27-23-32)40-15-7-3-11-35(40)30-19-28-44-39(29-30)38-14-6-10-18-43(38)49(44,46)41-16-8-4-12-36(41)37-13-5-9-17-42(37)49/h3-29H,1-2H3. The maximum atomic E-state index is 16.7. The molecule has 1 spiro atoms. The Hall–Kier alpha value is -5.91. The minimum Gasteiger partial charge on any atom is -0.497 e. The largest absolute Gasteiger partial charge is 0.497 e. The van der Waals surface area contributed by atoms with Crippen molar-refractivity contribution in [1.82, 2.24) is 0 Å². The summed E-state index contributed by atoms with van der Waals surface area (Å²) in [4.78, 5) is 5.80. The molecule has 2 heterocycles. The molecule has 49 heavy (non-hydrogen) atoms. The van der Waals surface area contributed by atoms with Crippen LogP contribution in [0.5, 0.6) is 11.5 Å². The lowest BCUT2D eigenvalue weighted by molar-refractivity contribution is 0.415. The van der Waals surface area contributed by atoms with Gasteiger partial charge in [-0.3, -0.25) is 4.21 Å². The first-order valence-electron chi connectivity index (χ1n) is 16.3. The Morgan fingerprint density at radius 3 is 1.33 bits per heavy atom. The summed E-state index contributed by atoms with van der Waals surface area (Å²) in [5, 5.41) is 0. The van der Waals surface area contributed by atoms with Crippen LogP contribution in [-0.2, 0) is 9.07 Å². The Kier molecular flexibility index (Phi) is 6.45. The molecule has 7 aromatic carbocycles. The molecule has 0 fully saturated rings. The minimum atomic E-state index is -3.89. The summed E-state index contributed by atoms with van der Waals surface area (Å²) in [7, 11) is -0.529. The third-order valence-electron chi connectivity index (χ3n) is 10.0. The Balaban J connectivity index is 1.28. The molecule has 0 unspecified atom stereocenters. The Morgan fingerprint density at radius 2 is 0.837 bits per heavy atom. The van der Waals surface area contributed by atoms with Crippen molar-refractivity contribution in [2.24, 2.45) is 0 Å². The summed E-state index contributed by atoms with van der Waals surface area (Å²) < 4.78 is 27.7. The molecule has 0 aliphatic carbocycles. The van der Waals surface area contributed by atoms with E-state index >= 15 is 4.21 Å². The lowest BCUT2D eigenvalue weighted by Gasteiger charge is -2.38. The van der Waals surface area contributed by atoms with Gasteiger partial charge in [0.1, 0.15) is 11.5 Å². The lowest BCUT2D eigenvalue weighted by atomic mass is 9.97. The molecule has 7 aromatic rings. The van der Waals surface area contributed by atoms with Crippen molar-refractivity contribution in [1.29, 1.82) is 0 Å². The maximum absolute atomic E-state index is 16.7. The van der Waals surface area contributed by atoms with E-state index < -0.39 is 9.07 Å². The third-order valence-corrected chi connectivity index (χ3v) is 14.8. The first-order chi connectivity index (χ1) is 24.0. The molecule has 0 N–H and O–H groups in total. The van der Waals surface area contributed by atoms with E-state index in [4.69, 9.17) is 9.47 Å². The van der Waals surface area contributed by atoms with E-state index in [1.807, 2.05) is 54.6 Å². The second-order valence-electron chi connectivity index (χ2n) is 12.4. The summed E-state index contributed by atoms with van der Waals surface area (Å²) in [6, 6.07) is 55.9. The van der Waals surface area contributed by atoms with Gasteiger partial charge >= 0.3 is 0 Å². The van der Waals surface area contributed by atoms with Crippen molar-refractivity contribution < 1.29 is 13.7 Å². The molecule has 4 nitrogen and oxygen atoms in total. The van der Waals surface area contributed by atoms with Crippen LogP contribution in [0.1, 0.15) is 0 Å². The van der Waals surface area contributed by atoms with Gasteiger partial charge in [-0.1, -0.05) is 78.9 Å². The van der Waals surface area contributed by atoms with Crippen LogP contribution in [0.25, 0.3) is 33.4 Å². The number of anilines is 3. The first-order valence-corrected chi connectivity index (χ1v) is 18.3.